The second-order valence-electron chi connectivity index (χ2n) is 7.03. The van der Waals surface area contributed by atoms with Crippen molar-refractivity contribution in [1.82, 2.24) is 9.55 Å². The van der Waals surface area contributed by atoms with Crippen LogP contribution in [0, 0.1) is 5.92 Å². The SMILES string of the molecule is COCCN(C(=O)c1cccc(C(F)(F)F)c1)c1c(N)n(CC(C)C)c(=O)[nH]c1=O. The standard InChI is InChI=1S/C19H23F3N4O4/c1-11(2)10-26-15(23)14(16(27)24-18(26)29)25(7-8-30-3)17(28)12-5-4-6-13(9-12)19(20,21)22/h4-6,9,11H,7-8,10,23H2,1-3H3,(H,24,27,29). The summed E-state index contributed by atoms with van der Waals surface area (Å²) in [7, 11) is 1.36. The maximum atomic E-state index is 13.1. The number of ether oxygens (including phenoxy) is 1. The summed E-state index contributed by atoms with van der Waals surface area (Å²) in [6.45, 7) is 3.64. The van der Waals surface area contributed by atoms with Gasteiger partial charge in [0, 0.05) is 25.8 Å². The van der Waals surface area contributed by atoms with Gasteiger partial charge in [-0.05, 0) is 24.1 Å². The zero-order valence-electron chi connectivity index (χ0n) is 16.7. The fraction of sp³-hybridized carbons (Fsp3) is 0.421. The van der Waals surface area contributed by atoms with Gasteiger partial charge in [0.05, 0.1) is 12.2 Å². The molecule has 0 aliphatic carbocycles. The number of methoxy groups -OCH3 is 1. The highest BCUT2D eigenvalue weighted by molar-refractivity contribution is 6.07. The predicted molar refractivity (Wildman–Crippen MR) is 106 cm³/mol. The predicted octanol–water partition coefficient (Wildman–Crippen LogP) is 2.09. The molecule has 1 aromatic carbocycles. The molecule has 1 amide bonds. The molecule has 30 heavy (non-hydrogen) atoms. The molecule has 1 aromatic heterocycles. The van der Waals surface area contributed by atoms with Crippen LogP contribution in [0.25, 0.3) is 0 Å². The second-order valence-corrected chi connectivity index (χ2v) is 7.03. The van der Waals surface area contributed by atoms with Crippen LogP contribution in [0.15, 0.2) is 33.9 Å². The van der Waals surface area contributed by atoms with Gasteiger partial charge < -0.3 is 10.5 Å². The van der Waals surface area contributed by atoms with Gasteiger partial charge in [-0.1, -0.05) is 19.9 Å². The zero-order chi connectivity index (χ0) is 22.6. The van der Waals surface area contributed by atoms with E-state index in [4.69, 9.17) is 10.5 Å². The third kappa shape index (κ3) is 5.09. The van der Waals surface area contributed by atoms with E-state index >= 15 is 0 Å². The lowest BCUT2D eigenvalue weighted by Crippen LogP contribution is -2.43. The number of benzene rings is 1. The van der Waals surface area contributed by atoms with E-state index in [-0.39, 0.29) is 42.7 Å². The maximum absolute atomic E-state index is 13.1. The molecule has 164 valence electrons. The molecule has 11 heteroatoms. The van der Waals surface area contributed by atoms with Crippen molar-refractivity contribution in [3.63, 3.8) is 0 Å². The Balaban J connectivity index is 2.63. The summed E-state index contributed by atoms with van der Waals surface area (Å²) in [4.78, 5) is 40.7. The minimum absolute atomic E-state index is 0.00431. The number of H-pyrrole nitrogens is 1. The van der Waals surface area contributed by atoms with Crippen LogP contribution in [-0.2, 0) is 17.5 Å². The summed E-state index contributed by atoms with van der Waals surface area (Å²) in [5.74, 6) is -1.14. The number of halogens is 3. The number of aromatic amines is 1. The number of anilines is 2. The minimum atomic E-state index is -4.64. The number of hydrogen-bond donors (Lipinski definition) is 2. The summed E-state index contributed by atoms with van der Waals surface area (Å²) in [6.07, 6.45) is -4.64. The number of aromatic nitrogens is 2. The molecule has 8 nitrogen and oxygen atoms in total. The van der Waals surface area contributed by atoms with Crippen molar-refractivity contribution in [3.05, 3.63) is 56.2 Å². The molecule has 0 radical (unpaired) electrons. The molecule has 0 fully saturated rings. The van der Waals surface area contributed by atoms with Crippen LogP contribution in [0.2, 0.25) is 0 Å². The number of carbonyl (C=O) groups excluding carboxylic acids is 1. The highest BCUT2D eigenvalue weighted by atomic mass is 19.4. The van der Waals surface area contributed by atoms with E-state index in [9.17, 15) is 27.6 Å². The topological polar surface area (TPSA) is 110 Å². The molecule has 0 bridgehead atoms. The third-order valence-electron chi connectivity index (χ3n) is 4.23. The monoisotopic (exact) mass is 428 g/mol. The summed E-state index contributed by atoms with van der Waals surface area (Å²) < 4.78 is 45.2. The van der Waals surface area contributed by atoms with Crippen molar-refractivity contribution < 1.29 is 22.7 Å². The quantitative estimate of drug-likeness (QED) is 0.702. The van der Waals surface area contributed by atoms with Crippen molar-refractivity contribution in [2.45, 2.75) is 26.6 Å². The Morgan fingerprint density at radius 3 is 2.53 bits per heavy atom. The number of nitrogen functional groups attached to an aromatic ring is 1. The van der Waals surface area contributed by atoms with Crippen LogP contribution in [0.1, 0.15) is 29.8 Å². The highest BCUT2D eigenvalue weighted by Crippen LogP contribution is 2.30. The number of nitrogens with one attached hydrogen (secondary N) is 1. The third-order valence-corrected chi connectivity index (χ3v) is 4.23. The van der Waals surface area contributed by atoms with Crippen LogP contribution < -0.4 is 21.9 Å². The van der Waals surface area contributed by atoms with Crippen LogP contribution in [-0.4, -0.2) is 35.7 Å². The lowest BCUT2D eigenvalue weighted by atomic mass is 10.1. The van der Waals surface area contributed by atoms with E-state index in [1.807, 2.05) is 13.8 Å². The van der Waals surface area contributed by atoms with Gasteiger partial charge in [-0.3, -0.25) is 24.0 Å². The number of carbonyl (C=O) groups is 1. The second kappa shape index (κ2) is 9.16. The smallest absolute Gasteiger partial charge is 0.383 e. The lowest BCUT2D eigenvalue weighted by Gasteiger charge is -2.25. The first-order valence-corrected chi connectivity index (χ1v) is 9.08. The number of amides is 1. The summed E-state index contributed by atoms with van der Waals surface area (Å²) in [6, 6.07) is 3.82. The van der Waals surface area contributed by atoms with Gasteiger partial charge in [0.1, 0.15) is 5.82 Å². The van der Waals surface area contributed by atoms with Gasteiger partial charge in [0.2, 0.25) is 0 Å². The number of rotatable bonds is 7. The Kier molecular flexibility index (Phi) is 7.08. The molecular weight excluding hydrogens is 405 g/mol. The van der Waals surface area contributed by atoms with Crippen LogP contribution in [0.4, 0.5) is 24.7 Å². The molecular formula is C19H23F3N4O4. The molecule has 2 rings (SSSR count). The average molecular weight is 428 g/mol. The van der Waals surface area contributed by atoms with E-state index in [0.717, 1.165) is 21.6 Å². The van der Waals surface area contributed by atoms with Gasteiger partial charge in [0.15, 0.2) is 5.69 Å². The molecule has 0 unspecified atom stereocenters. The van der Waals surface area contributed by atoms with Gasteiger partial charge in [-0.2, -0.15) is 13.2 Å². The molecule has 0 spiro atoms. The first kappa shape index (κ1) is 23.2. The number of nitrogens with zero attached hydrogens (tertiary/aromatic N) is 2. The van der Waals surface area contributed by atoms with E-state index < -0.39 is 28.9 Å². The van der Waals surface area contributed by atoms with Crippen LogP contribution >= 0.6 is 0 Å². The fourth-order valence-corrected chi connectivity index (χ4v) is 2.87. The molecule has 0 aliphatic rings. The van der Waals surface area contributed by atoms with Gasteiger partial charge in [-0.25, -0.2) is 4.79 Å². The van der Waals surface area contributed by atoms with Crippen LogP contribution in [0.5, 0.6) is 0 Å². The highest BCUT2D eigenvalue weighted by Gasteiger charge is 2.32. The number of nitrogens with two attached hydrogens (primary N) is 1. The number of hydrogen-bond acceptors (Lipinski definition) is 5. The maximum Gasteiger partial charge on any atom is 0.416 e. The molecule has 3 N–H and O–H groups in total. The van der Waals surface area contributed by atoms with Gasteiger partial charge in [-0.15, -0.1) is 0 Å². The number of alkyl halides is 3. The minimum Gasteiger partial charge on any atom is -0.383 e. The van der Waals surface area contributed by atoms with Crippen molar-refractivity contribution in [2.75, 3.05) is 30.9 Å². The Morgan fingerprint density at radius 1 is 1.30 bits per heavy atom. The summed E-state index contributed by atoms with van der Waals surface area (Å²) >= 11 is 0. The van der Waals surface area contributed by atoms with Crippen LogP contribution in [0.3, 0.4) is 0 Å². The Labute approximate surface area is 170 Å². The summed E-state index contributed by atoms with van der Waals surface area (Å²) in [5.41, 5.74) is 2.76. The molecule has 2 aromatic rings. The van der Waals surface area contributed by atoms with E-state index in [0.29, 0.717) is 6.07 Å². The molecule has 0 aliphatic heterocycles. The molecule has 0 atom stereocenters. The van der Waals surface area contributed by atoms with E-state index in [2.05, 4.69) is 4.98 Å². The molecule has 1 heterocycles. The summed E-state index contributed by atoms with van der Waals surface area (Å²) in [5, 5.41) is 0. The molecule has 0 saturated carbocycles. The fourth-order valence-electron chi connectivity index (χ4n) is 2.87. The Morgan fingerprint density at radius 2 is 1.97 bits per heavy atom. The Bertz CT molecular complexity index is 1030. The van der Waals surface area contributed by atoms with Crippen molar-refractivity contribution >= 4 is 17.4 Å². The normalized spacial score (nSPS) is 11.7. The van der Waals surface area contributed by atoms with Crippen molar-refractivity contribution in [3.8, 4) is 0 Å². The van der Waals surface area contributed by atoms with Crippen molar-refractivity contribution in [1.29, 1.82) is 0 Å². The van der Waals surface area contributed by atoms with Crippen molar-refractivity contribution in [2.24, 2.45) is 5.92 Å². The lowest BCUT2D eigenvalue weighted by molar-refractivity contribution is -0.137. The zero-order valence-corrected chi connectivity index (χ0v) is 16.7. The van der Waals surface area contributed by atoms with Gasteiger partial charge in [0.25, 0.3) is 11.5 Å². The first-order chi connectivity index (χ1) is 14.0. The molecule has 0 saturated heterocycles. The largest absolute Gasteiger partial charge is 0.416 e. The van der Waals surface area contributed by atoms with E-state index in [1.165, 1.54) is 13.2 Å². The van der Waals surface area contributed by atoms with Gasteiger partial charge >= 0.3 is 11.9 Å². The Hall–Kier alpha value is -3.08. The average Bonchev–Trinajstić information content (AvgIpc) is 2.66. The first-order valence-electron chi connectivity index (χ1n) is 9.08. The van der Waals surface area contributed by atoms with E-state index in [1.54, 1.807) is 0 Å².